The van der Waals surface area contributed by atoms with Crippen LogP contribution in [-0.4, -0.2) is 10.9 Å². The molecule has 1 N–H and O–H groups in total. The molecule has 0 bridgehead atoms. The molecule has 0 unspecified atom stereocenters. The quantitative estimate of drug-likeness (QED) is 0.844. The minimum Gasteiger partial charge on any atom is -0.350 e. The lowest BCUT2D eigenvalue weighted by atomic mass is 10.1. The third-order valence-corrected chi connectivity index (χ3v) is 3.88. The molecule has 3 nitrogen and oxygen atoms in total. The highest BCUT2D eigenvalue weighted by molar-refractivity contribution is 5.83. The molecule has 19 heavy (non-hydrogen) atoms. The molecular weight excluding hydrogens is 236 g/mol. The summed E-state index contributed by atoms with van der Waals surface area (Å²) < 4.78 is 0. The second kappa shape index (κ2) is 5.16. The van der Waals surface area contributed by atoms with Crippen LogP contribution in [0.4, 0.5) is 0 Å². The molecule has 0 spiro atoms. The van der Waals surface area contributed by atoms with Crippen molar-refractivity contribution in [3.63, 3.8) is 0 Å². The van der Waals surface area contributed by atoms with E-state index in [1.165, 1.54) is 5.57 Å². The first kappa shape index (κ1) is 13.8. The zero-order chi connectivity index (χ0) is 14.0. The second-order valence-corrected chi connectivity index (χ2v) is 6.11. The van der Waals surface area contributed by atoms with E-state index in [-0.39, 0.29) is 17.2 Å². The maximum atomic E-state index is 12.2. The van der Waals surface area contributed by atoms with Crippen LogP contribution >= 0.6 is 0 Å². The lowest BCUT2D eigenvalue weighted by molar-refractivity contribution is -0.123. The molecule has 1 aliphatic carbocycles. The molecule has 0 aliphatic heterocycles. The average molecular weight is 258 g/mol. The Morgan fingerprint density at radius 1 is 1.42 bits per heavy atom. The Labute approximate surface area is 115 Å². The monoisotopic (exact) mass is 258 g/mol. The number of hydrogen-bond acceptors (Lipinski definition) is 2. The number of carbonyl (C=O) groups excluding carboxylic acids is 1. The van der Waals surface area contributed by atoms with Crippen molar-refractivity contribution in [2.75, 3.05) is 0 Å². The Morgan fingerprint density at radius 3 is 2.74 bits per heavy atom. The molecule has 0 radical (unpaired) electrons. The minimum atomic E-state index is 0.0749. The Kier molecular flexibility index (Phi) is 3.74. The van der Waals surface area contributed by atoms with E-state index < -0.39 is 0 Å². The zero-order valence-corrected chi connectivity index (χ0v) is 12.1. The molecule has 0 aromatic carbocycles. The molecule has 0 saturated heterocycles. The van der Waals surface area contributed by atoms with Gasteiger partial charge in [0.2, 0.25) is 5.91 Å². The van der Waals surface area contributed by atoms with Crippen LogP contribution in [0.25, 0.3) is 0 Å². The van der Waals surface area contributed by atoms with Gasteiger partial charge in [-0.2, -0.15) is 0 Å². The summed E-state index contributed by atoms with van der Waals surface area (Å²) in [7, 11) is 0. The van der Waals surface area contributed by atoms with E-state index in [0.717, 1.165) is 5.69 Å². The topological polar surface area (TPSA) is 42.0 Å². The fraction of sp³-hybridized carbons (Fsp3) is 0.500. The molecule has 3 heteroatoms. The first-order chi connectivity index (χ1) is 8.93. The van der Waals surface area contributed by atoms with Gasteiger partial charge in [0.25, 0.3) is 0 Å². The van der Waals surface area contributed by atoms with E-state index in [9.17, 15) is 4.79 Å². The highest BCUT2D eigenvalue weighted by atomic mass is 16.2. The van der Waals surface area contributed by atoms with Crippen LogP contribution in [0.3, 0.4) is 0 Å². The van der Waals surface area contributed by atoms with Crippen molar-refractivity contribution in [3.05, 3.63) is 41.7 Å². The standard InChI is InChI=1S/C16H22N2O/c1-11(2)9-13-14(16(13,3)4)15(19)18-10-12-7-5-6-8-17-12/h5-9,13-14H,10H2,1-4H3,(H,18,19)/t13-,14-/m0/s1. The van der Waals surface area contributed by atoms with Crippen molar-refractivity contribution >= 4 is 5.91 Å². The SMILES string of the molecule is CC(C)=C[C@H]1[C@@H](C(=O)NCc2ccccn2)C1(C)C. The van der Waals surface area contributed by atoms with Crippen LogP contribution < -0.4 is 5.32 Å². The molecule has 1 heterocycles. The number of amides is 1. The maximum absolute atomic E-state index is 12.2. The van der Waals surface area contributed by atoms with E-state index in [1.54, 1.807) is 6.20 Å². The molecule has 1 aromatic heterocycles. The number of rotatable bonds is 4. The number of hydrogen-bond donors (Lipinski definition) is 1. The lowest BCUT2D eigenvalue weighted by Gasteiger charge is -2.05. The van der Waals surface area contributed by atoms with Gasteiger partial charge in [-0.15, -0.1) is 0 Å². The third kappa shape index (κ3) is 3.03. The third-order valence-electron chi connectivity index (χ3n) is 3.88. The summed E-state index contributed by atoms with van der Waals surface area (Å²) in [5.74, 6) is 0.588. The molecule has 2 atom stereocenters. The van der Waals surface area contributed by atoms with Gasteiger partial charge in [-0.05, 0) is 37.3 Å². The molecule has 1 saturated carbocycles. The summed E-state index contributed by atoms with van der Waals surface area (Å²) >= 11 is 0. The molecule has 2 rings (SSSR count). The smallest absolute Gasteiger partial charge is 0.224 e. The van der Waals surface area contributed by atoms with Gasteiger partial charge in [0.05, 0.1) is 18.2 Å². The van der Waals surface area contributed by atoms with Gasteiger partial charge in [0, 0.05) is 6.20 Å². The maximum Gasteiger partial charge on any atom is 0.224 e. The van der Waals surface area contributed by atoms with E-state index >= 15 is 0 Å². The van der Waals surface area contributed by atoms with Gasteiger partial charge < -0.3 is 5.32 Å². The number of aromatic nitrogens is 1. The van der Waals surface area contributed by atoms with Gasteiger partial charge in [-0.25, -0.2) is 0 Å². The van der Waals surface area contributed by atoms with Crippen LogP contribution in [-0.2, 0) is 11.3 Å². The van der Waals surface area contributed by atoms with Crippen LogP contribution in [0.2, 0.25) is 0 Å². The Balaban J connectivity index is 1.93. The van der Waals surface area contributed by atoms with Crippen molar-refractivity contribution in [3.8, 4) is 0 Å². The summed E-state index contributed by atoms with van der Waals surface area (Å²) in [6.07, 6.45) is 3.96. The minimum absolute atomic E-state index is 0.0749. The summed E-state index contributed by atoms with van der Waals surface area (Å²) in [5.41, 5.74) is 2.25. The number of allylic oxidation sites excluding steroid dienone is 2. The number of nitrogens with one attached hydrogen (secondary N) is 1. The number of pyridine rings is 1. The first-order valence-electron chi connectivity index (χ1n) is 6.75. The van der Waals surface area contributed by atoms with Crippen molar-refractivity contribution in [2.45, 2.75) is 34.2 Å². The molecule has 1 aromatic rings. The van der Waals surface area contributed by atoms with Crippen molar-refractivity contribution in [2.24, 2.45) is 17.3 Å². The number of carbonyl (C=O) groups is 1. The zero-order valence-electron chi connectivity index (χ0n) is 12.1. The van der Waals surface area contributed by atoms with Crippen molar-refractivity contribution in [1.29, 1.82) is 0 Å². The van der Waals surface area contributed by atoms with E-state index in [2.05, 4.69) is 44.1 Å². The van der Waals surface area contributed by atoms with Gasteiger partial charge in [-0.3, -0.25) is 9.78 Å². The van der Waals surface area contributed by atoms with E-state index in [0.29, 0.717) is 12.5 Å². The van der Waals surface area contributed by atoms with Gasteiger partial charge in [0.1, 0.15) is 0 Å². The van der Waals surface area contributed by atoms with Crippen LogP contribution in [0.1, 0.15) is 33.4 Å². The molecule has 1 fully saturated rings. The Bertz CT molecular complexity index is 487. The van der Waals surface area contributed by atoms with Crippen LogP contribution in [0, 0.1) is 17.3 Å². The fourth-order valence-electron chi connectivity index (χ4n) is 2.64. The molecule has 1 amide bonds. The molecular formula is C16H22N2O. The summed E-state index contributed by atoms with van der Waals surface area (Å²) in [6.45, 7) is 8.98. The highest BCUT2D eigenvalue weighted by Crippen LogP contribution is 2.59. The normalized spacial score (nSPS) is 23.6. The Morgan fingerprint density at radius 2 is 2.16 bits per heavy atom. The predicted octanol–water partition coefficient (Wildman–Crippen LogP) is 2.94. The first-order valence-corrected chi connectivity index (χ1v) is 6.75. The van der Waals surface area contributed by atoms with Gasteiger partial charge in [0.15, 0.2) is 0 Å². The summed E-state index contributed by atoms with van der Waals surface area (Å²) in [5, 5.41) is 2.99. The Hall–Kier alpha value is -1.64. The van der Waals surface area contributed by atoms with Crippen LogP contribution in [0.5, 0.6) is 0 Å². The van der Waals surface area contributed by atoms with Gasteiger partial charge in [-0.1, -0.05) is 31.6 Å². The summed E-state index contributed by atoms with van der Waals surface area (Å²) in [6, 6.07) is 5.73. The fourth-order valence-corrected chi connectivity index (χ4v) is 2.64. The van der Waals surface area contributed by atoms with Gasteiger partial charge >= 0.3 is 0 Å². The van der Waals surface area contributed by atoms with E-state index in [1.807, 2.05) is 18.2 Å². The van der Waals surface area contributed by atoms with E-state index in [4.69, 9.17) is 0 Å². The highest BCUT2D eigenvalue weighted by Gasteiger charge is 2.60. The predicted molar refractivity (Wildman–Crippen MR) is 76.3 cm³/mol. The lowest BCUT2D eigenvalue weighted by Crippen LogP contribution is -2.26. The average Bonchev–Trinajstić information content (AvgIpc) is 2.88. The van der Waals surface area contributed by atoms with Crippen molar-refractivity contribution < 1.29 is 4.79 Å². The molecule has 102 valence electrons. The van der Waals surface area contributed by atoms with Crippen molar-refractivity contribution in [1.82, 2.24) is 10.3 Å². The number of nitrogens with zero attached hydrogens (tertiary/aromatic N) is 1. The largest absolute Gasteiger partial charge is 0.350 e. The van der Waals surface area contributed by atoms with Crippen LogP contribution in [0.15, 0.2) is 36.0 Å². The second-order valence-electron chi connectivity index (χ2n) is 6.11. The molecule has 1 aliphatic rings. The summed E-state index contributed by atoms with van der Waals surface area (Å²) in [4.78, 5) is 16.4.